The first-order valence-electron chi connectivity index (χ1n) is 8.21. The molecule has 2 aromatic carbocycles. The van der Waals surface area contributed by atoms with E-state index in [0.29, 0.717) is 0 Å². The minimum atomic E-state index is -0.0943. The predicted octanol–water partition coefficient (Wildman–Crippen LogP) is 4.68. The van der Waals surface area contributed by atoms with Gasteiger partial charge in [0, 0.05) is 23.5 Å². The van der Waals surface area contributed by atoms with Gasteiger partial charge in [0.05, 0.1) is 12.1 Å². The van der Waals surface area contributed by atoms with Crippen LogP contribution in [0.4, 0.5) is 5.69 Å². The zero-order chi connectivity index (χ0) is 17.9. The summed E-state index contributed by atoms with van der Waals surface area (Å²) in [7, 11) is 0. The molecule has 0 atom stereocenters. The largest absolute Gasteiger partial charge is 0.457 e. The number of anilines is 1. The average molecular weight is 363 g/mol. The molecule has 4 aromatic rings. The van der Waals surface area contributed by atoms with Crippen LogP contribution in [0.25, 0.3) is 4.96 Å². The molecule has 130 valence electrons. The lowest BCUT2D eigenvalue weighted by Crippen LogP contribution is -2.14. The predicted molar refractivity (Wildman–Crippen MR) is 103 cm³/mol. The fraction of sp³-hybridized carbons (Fsp3) is 0.100. The molecule has 0 aliphatic heterocycles. The van der Waals surface area contributed by atoms with E-state index in [-0.39, 0.29) is 12.3 Å². The molecule has 6 heteroatoms. The SMILES string of the molecule is Cc1cccc(Oc2ccc(NC(=O)Cc3cn4ccsc4n3)cc2)c1. The number of rotatable bonds is 5. The maximum absolute atomic E-state index is 12.2. The van der Waals surface area contributed by atoms with Gasteiger partial charge in [-0.15, -0.1) is 11.3 Å². The second-order valence-electron chi connectivity index (χ2n) is 5.99. The number of fused-ring (bicyclic) bond motifs is 1. The van der Waals surface area contributed by atoms with E-state index in [9.17, 15) is 4.79 Å². The Morgan fingerprint density at radius 2 is 2.04 bits per heavy atom. The summed E-state index contributed by atoms with van der Waals surface area (Å²) in [6.07, 6.45) is 4.06. The van der Waals surface area contributed by atoms with Gasteiger partial charge in [0.25, 0.3) is 0 Å². The van der Waals surface area contributed by atoms with Crippen LogP contribution in [-0.4, -0.2) is 15.3 Å². The number of benzene rings is 2. The van der Waals surface area contributed by atoms with Gasteiger partial charge in [-0.3, -0.25) is 9.20 Å². The lowest BCUT2D eigenvalue weighted by atomic mass is 10.2. The summed E-state index contributed by atoms with van der Waals surface area (Å²) < 4.78 is 7.74. The second kappa shape index (κ2) is 7.01. The Balaban J connectivity index is 1.37. The van der Waals surface area contributed by atoms with Gasteiger partial charge in [-0.1, -0.05) is 12.1 Å². The zero-order valence-electron chi connectivity index (χ0n) is 14.2. The van der Waals surface area contributed by atoms with Crippen molar-refractivity contribution in [1.29, 1.82) is 0 Å². The Labute approximate surface area is 154 Å². The molecule has 1 amide bonds. The molecular formula is C20H17N3O2S. The number of thiazole rings is 1. The molecule has 0 fully saturated rings. The van der Waals surface area contributed by atoms with Crippen molar-refractivity contribution in [1.82, 2.24) is 9.38 Å². The average Bonchev–Trinajstić information content (AvgIpc) is 3.18. The summed E-state index contributed by atoms with van der Waals surface area (Å²) in [6, 6.07) is 15.2. The van der Waals surface area contributed by atoms with E-state index in [1.54, 1.807) is 11.3 Å². The zero-order valence-corrected chi connectivity index (χ0v) is 15.0. The van der Waals surface area contributed by atoms with Crippen LogP contribution >= 0.6 is 11.3 Å². The highest BCUT2D eigenvalue weighted by Crippen LogP contribution is 2.23. The van der Waals surface area contributed by atoms with E-state index < -0.39 is 0 Å². The Bertz CT molecular complexity index is 1020. The normalized spacial score (nSPS) is 10.8. The highest BCUT2D eigenvalue weighted by molar-refractivity contribution is 7.15. The van der Waals surface area contributed by atoms with Crippen LogP contribution in [0, 0.1) is 6.92 Å². The van der Waals surface area contributed by atoms with E-state index in [1.165, 1.54) is 0 Å². The van der Waals surface area contributed by atoms with E-state index >= 15 is 0 Å². The first-order valence-corrected chi connectivity index (χ1v) is 9.09. The van der Waals surface area contributed by atoms with Gasteiger partial charge in [0.2, 0.25) is 5.91 Å². The van der Waals surface area contributed by atoms with Gasteiger partial charge in [0.1, 0.15) is 11.5 Å². The molecular weight excluding hydrogens is 346 g/mol. The Kier molecular flexibility index (Phi) is 4.41. The van der Waals surface area contributed by atoms with Crippen LogP contribution in [0.2, 0.25) is 0 Å². The number of nitrogens with one attached hydrogen (secondary N) is 1. The van der Waals surface area contributed by atoms with E-state index in [1.807, 2.05) is 77.6 Å². The van der Waals surface area contributed by atoms with Gasteiger partial charge < -0.3 is 10.1 Å². The van der Waals surface area contributed by atoms with Crippen molar-refractivity contribution in [2.45, 2.75) is 13.3 Å². The molecule has 1 N–H and O–H groups in total. The molecule has 0 saturated carbocycles. The highest BCUT2D eigenvalue weighted by atomic mass is 32.1. The Morgan fingerprint density at radius 3 is 2.81 bits per heavy atom. The van der Waals surface area contributed by atoms with E-state index in [2.05, 4.69) is 10.3 Å². The molecule has 0 aliphatic rings. The van der Waals surface area contributed by atoms with Crippen molar-refractivity contribution < 1.29 is 9.53 Å². The fourth-order valence-electron chi connectivity index (χ4n) is 2.65. The number of carbonyl (C=O) groups is 1. The van der Waals surface area contributed by atoms with Gasteiger partial charge in [-0.05, 0) is 48.9 Å². The summed E-state index contributed by atoms with van der Waals surface area (Å²) in [5, 5.41) is 4.85. The van der Waals surface area contributed by atoms with Crippen molar-refractivity contribution in [3.63, 3.8) is 0 Å². The number of imidazole rings is 1. The molecule has 0 spiro atoms. The summed E-state index contributed by atoms with van der Waals surface area (Å²) in [4.78, 5) is 17.5. The van der Waals surface area contributed by atoms with Gasteiger partial charge in [0.15, 0.2) is 4.96 Å². The maximum Gasteiger partial charge on any atom is 0.230 e. The second-order valence-corrected chi connectivity index (χ2v) is 6.87. The number of hydrogen-bond acceptors (Lipinski definition) is 4. The van der Waals surface area contributed by atoms with Crippen LogP contribution in [-0.2, 0) is 11.2 Å². The van der Waals surface area contributed by atoms with Crippen molar-refractivity contribution in [3.05, 3.63) is 77.6 Å². The third-order valence-electron chi connectivity index (χ3n) is 3.85. The van der Waals surface area contributed by atoms with Crippen LogP contribution in [0.3, 0.4) is 0 Å². The number of amides is 1. The van der Waals surface area contributed by atoms with E-state index in [4.69, 9.17) is 4.74 Å². The molecule has 2 aromatic heterocycles. The van der Waals surface area contributed by atoms with Crippen LogP contribution in [0.5, 0.6) is 11.5 Å². The third-order valence-corrected chi connectivity index (χ3v) is 4.62. The van der Waals surface area contributed by atoms with Crippen molar-refractivity contribution in [3.8, 4) is 11.5 Å². The third kappa shape index (κ3) is 3.75. The summed E-state index contributed by atoms with van der Waals surface area (Å²) in [5.41, 5.74) is 2.63. The quantitative estimate of drug-likeness (QED) is 0.560. The number of aryl methyl sites for hydroxylation is 1. The number of hydrogen-bond donors (Lipinski definition) is 1. The van der Waals surface area contributed by atoms with Crippen molar-refractivity contribution in [2.24, 2.45) is 0 Å². The topological polar surface area (TPSA) is 55.6 Å². The van der Waals surface area contributed by atoms with Crippen molar-refractivity contribution in [2.75, 3.05) is 5.32 Å². The lowest BCUT2D eigenvalue weighted by molar-refractivity contribution is -0.115. The monoisotopic (exact) mass is 363 g/mol. The van der Waals surface area contributed by atoms with Gasteiger partial charge in [-0.2, -0.15) is 0 Å². The van der Waals surface area contributed by atoms with Crippen LogP contribution in [0.1, 0.15) is 11.3 Å². The summed E-state index contributed by atoms with van der Waals surface area (Å²) >= 11 is 1.55. The molecule has 5 nitrogen and oxygen atoms in total. The van der Waals surface area contributed by atoms with Gasteiger partial charge in [-0.25, -0.2) is 4.98 Å². The number of ether oxygens (including phenoxy) is 1. The number of aromatic nitrogens is 2. The Morgan fingerprint density at radius 1 is 1.19 bits per heavy atom. The van der Waals surface area contributed by atoms with Crippen molar-refractivity contribution >= 4 is 27.9 Å². The lowest BCUT2D eigenvalue weighted by Gasteiger charge is -2.08. The molecule has 2 heterocycles. The number of nitrogens with zero attached hydrogens (tertiary/aromatic N) is 2. The van der Waals surface area contributed by atoms with Crippen LogP contribution < -0.4 is 10.1 Å². The van der Waals surface area contributed by atoms with E-state index in [0.717, 1.165) is 33.4 Å². The smallest absolute Gasteiger partial charge is 0.230 e. The molecule has 0 unspecified atom stereocenters. The molecule has 4 rings (SSSR count). The maximum atomic E-state index is 12.2. The molecule has 0 radical (unpaired) electrons. The number of carbonyl (C=O) groups excluding carboxylic acids is 1. The molecule has 0 aliphatic carbocycles. The fourth-order valence-corrected chi connectivity index (χ4v) is 3.37. The van der Waals surface area contributed by atoms with Crippen LogP contribution in [0.15, 0.2) is 66.3 Å². The molecule has 26 heavy (non-hydrogen) atoms. The summed E-state index contributed by atoms with van der Waals surface area (Å²) in [6.45, 7) is 2.02. The minimum absolute atomic E-state index is 0.0943. The summed E-state index contributed by atoms with van der Waals surface area (Å²) in [5.74, 6) is 1.42. The highest BCUT2D eigenvalue weighted by Gasteiger charge is 2.09. The molecule has 0 saturated heterocycles. The molecule has 0 bridgehead atoms. The Hall–Kier alpha value is -3.12. The van der Waals surface area contributed by atoms with Gasteiger partial charge >= 0.3 is 0 Å². The first-order chi connectivity index (χ1) is 12.7. The first kappa shape index (κ1) is 16.4. The standard InChI is InChI=1S/C20H17N3O2S/c1-14-3-2-4-18(11-14)25-17-7-5-15(6-8-17)21-19(24)12-16-13-23-9-10-26-20(23)22-16/h2-11,13H,12H2,1H3,(H,21,24). The minimum Gasteiger partial charge on any atom is -0.457 e.